The lowest BCUT2D eigenvalue weighted by atomic mass is 9.83. The van der Waals surface area contributed by atoms with E-state index in [1.165, 1.54) is 19.3 Å². The van der Waals surface area contributed by atoms with E-state index in [0.29, 0.717) is 5.92 Å². The largest absolute Gasteiger partial charge is 0.460 e. The maximum absolute atomic E-state index is 11.6. The normalized spacial score (nSPS) is 20.5. The number of esters is 1. The number of ether oxygens (including phenoxy) is 1. The Morgan fingerprint density at radius 1 is 1.31 bits per heavy atom. The molecule has 1 aliphatic carbocycles. The molecule has 0 saturated heterocycles. The fourth-order valence-electron chi connectivity index (χ4n) is 2.15. The summed E-state index contributed by atoms with van der Waals surface area (Å²) in [4.78, 5) is 11.6. The van der Waals surface area contributed by atoms with Gasteiger partial charge in [-0.05, 0) is 39.5 Å². The summed E-state index contributed by atoms with van der Waals surface area (Å²) in [6.07, 6.45) is 7.60. The summed E-state index contributed by atoms with van der Waals surface area (Å²) in [5.74, 6) is 0.173. The van der Waals surface area contributed by atoms with Crippen LogP contribution >= 0.6 is 0 Å². The average Bonchev–Trinajstić information content (AvgIpc) is 2.16. The van der Waals surface area contributed by atoms with E-state index in [1.54, 1.807) is 6.42 Å². The highest BCUT2D eigenvalue weighted by Gasteiger charge is 2.25. The maximum Gasteiger partial charge on any atom is 0.311 e. The number of hydrogen-bond acceptors (Lipinski definition) is 3. The minimum absolute atomic E-state index is 0.143. The van der Waals surface area contributed by atoms with E-state index < -0.39 is 5.60 Å². The predicted molar refractivity (Wildman–Crippen MR) is 64.7 cm³/mol. The average molecular weight is 226 g/mol. The first kappa shape index (κ1) is 13.5. The molecule has 0 amide bonds. The van der Waals surface area contributed by atoms with E-state index in [9.17, 15) is 4.79 Å². The van der Waals surface area contributed by atoms with Crippen LogP contribution < -0.4 is 5.73 Å². The second-order valence-electron chi connectivity index (χ2n) is 5.68. The van der Waals surface area contributed by atoms with Crippen LogP contribution in [0.5, 0.6) is 0 Å². The highest BCUT2D eigenvalue weighted by molar-refractivity contribution is 5.80. The van der Waals surface area contributed by atoms with E-state index in [0.717, 1.165) is 12.8 Å². The number of rotatable bonds is 3. The molecule has 0 aromatic heterocycles. The van der Waals surface area contributed by atoms with Crippen molar-refractivity contribution in [3.05, 3.63) is 6.42 Å². The zero-order valence-electron chi connectivity index (χ0n) is 10.7. The maximum atomic E-state index is 11.6. The second kappa shape index (κ2) is 5.67. The smallest absolute Gasteiger partial charge is 0.311 e. The van der Waals surface area contributed by atoms with Gasteiger partial charge in [0.15, 0.2) is 0 Å². The Bertz CT molecular complexity index is 227. The summed E-state index contributed by atoms with van der Waals surface area (Å²) in [5.41, 5.74) is 5.58. The third-order valence-corrected chi connectivity index (χ3v) is 2.93. The summed E-state index contributed by atoms with van der Waals surface area (Å²) in [6, 6.07) is -0.143. The quantitative estimate of drug-likeness (QED) is 0.752. The van der Waals surface area contributed by atoms with Gasteiger partial charge in [-0.25, -0.2) is 0 Å². The molecule has 1 unspecified atom stereocenters. The second-order valence-corrected chi connectivity index (χ2v) is 5.68. The molecule has 93 valence electrons. The fraction of sp³-hybridized carbons (Fsp3) is 0.846. The molecule has 1 atom stereocenters. The highest BCUT2D eigenvalue weighted by Crippen LogP contribution is 2.26. The molecular formula is C13H24NO2. The van der Waals surface area contributed by atoms with Crippen LogP contribution in [-0.2, 0) is 9.53 Å². The third-order valence-electron chi connectivity index (χ3n) is 2.93. The van der Waals surface area contributed by atoms with Crippen LogP contribution in [0.25, 0.3) is 0 Å². The van der Waals surface area contributed by atoms with Crippen LogP contribution in [0.3, 0.4) is 0 Å². The lowest BCUT2D eigenvalue weighted by Crippen LogP contribution is -2.36. The Hall–Kier alpha value is -0.570. The van der Waals surface area contributed by atoms with Crippen LogP contribution in [0.1, 0.15) is 52.9 Å². The molecule has 0 spiro atoms. The Kier molecular flexibility index (Phi) is 4.78. The zero-order valence-corrected chi connectivity index (χ0v) is 10.7. The van der Waals surface area contributed by atoms with E-state index in [4.69, 9.17) is 10.5 Å². The van der Waals surface area contributed by atoms with Crippen molar-refractivity contribution in [1.82, 2.24) is 0 Å². The van der Waals surface area contributed by atoms with Crippen LogP contribution in [0.4, 0.5) is 0 Å². The molecule has 1 saturated carbocycles. The number of carbonyl (C=O) groups excluding carboxylic acids is 1. The predicted octanol–water partition coefficient (Wildman–Crippen LogP) is 2.44. The van der Waals surface area contributed by atoms with Crippen LogP contribution in [0.15, 0.2) is 0 Å². The van der Waals surface area contributed by atoms with Crippen molar-refractivity contribution >= 4 is 5.97 Å². The third kappa shape index (κ3) is 4.97. The standard InChI is InChI=1S/C13H24NO2/c1-13(2,3)16-12(15)9-11(14)10-7-5-4-6-8-10/h9-11H,4-8,14H2,1-3H3. The van der Waals surface area contributed by atoms with Crippen molar-refractivity contribution in [2.45, 2.75) is 64.5 Å². The van der Waals surface area contributed by atoms with Crippen LogP contribution in [0.2, 0.25) is 0 Å². The number of nitrogens with two attached hydrogens (primary N) is 1. The van der Waals surface area contributed by atoms with Gasteiger partial charge in [-0.1, -0.05) is 19.3 Å². The van der Waals surface area contributed by atoms with Gasteiger partial charge in [0.05, 0.1) is 6.42 Å². The van der Waals surface area contributed by atoms with Crippen LogP contribution in [0, 0.1) is 12.3 Å². The molecule has 0 aromatic carbocycles. The van der Waals surface area contributed by atoms with Gasteiger partial charge in [0.1, 0.15) is 5.60 Å². The van der Waals surface area contributed by atoms with E-state index in [-0.39, 0.29) is 12.0 Å². The minimum atomic E-state index is -0.431. The molecule has 2 N–H and O–H groups in total. The first-order valence-electron chi connectivity index (χ1n) is 6.22. The van der Waals surface area contributed by atoms with Gasteiger partial charge in [-0.3, -0.25) is 4.79 Å². The summed E-state index contributed by atoms with van der Waals surface area (Å²) < 4.78 is 5.22. The first-order chi connectivity index (χ1) is 7.38. The van der Waals surface area contributed by atoms with Gasteiger partial charge < -0.3 is 10.5 Å². The highest BCUT2D eigenvalue weighted by atomic mass is 16.6. The summed E-state index contributed by atoms with van der Waals surface area (Å²) in [6.45, 7) is 5.60. The van der Waals surface area contributed by atoms with Crippen molar-refractivity contribution in [2.24, 2.45) is 11.7 Å². The molecule has 1 aliphatic rings. The van der Waals surface area contributed by atoms with E-state index >= 15 is 0 Å². The fourth-order valence-corrected chi connectivity index (χ4v) is 2.15. The summed E-state index contributed by atoms with van der Waals surface area (Å²) in [5, 5.41) is 0. The molecule has 0 heterocycles. The van der Waals surface area contributed by atoms with Crippen molar-refractivity contribution in [2.75, 3.05) is 0 Å². The Morgan fingerprint density at radius 3 is 2.38 bits per heavy atom. The van der Waals surface area contributed by atoms with Gasteiger partial charge in [0, 0.05) is 6.04 Å². The molecule has 1 rings (SSSR count). The van der Waals surface area contributed by atoms with Crippen molar-refractivity contribution < 1.29 is 9.53 Å². The molecule has 1 radical (unpaired) electrons. The lowest BCUT2D eigenvalue weighted by Gasteiger charge is -2.27. The molecule has 1 fully saturated rings. The summed E-state index contributed by atoms with van der Waals surface area (Å²) in [7, 11) is 0. The van der Waals surface area contributed by atoms with Gasteiger partial charge in [0.2, 0.25) is 0 Å². The monoisotopic (exact) mass is 226 g/mol. The molecule has 16 heavy (non-hydrogen) atoms. The molecule has 3 nitrogen and oxygen atoms in total. The summed E-state index contributed by atoms with van der Waals surface area (Å²) >= 11 is 0. The van der Waals surface area contributed by atoms with Crippen LogP contribution in [-0.4, -0.2) is 17.6 Å². The van der Waals surface area contributed by atoms with Crippen molar-refractivity contribution in [3.63, 3.8) is 0 Å². The minimum Gasteiger partial charge on any atom is -0.460 e. The van der Waals surface area contributed by atoms with Gasteiger partial charge in [-0.2, -0.15) is 0 Å². The van der Waals surface area contributed by atoms with Crippen molar-refractivity contribution in [1.29, 1.82) is 0 Å². The Morgan fingerprint density at radius 2 is 1.88 bits per heavy atom. The molecule has 0 aromatic rings. The molecule has 0 bridgehead atoms. The van der Waals surface area contributed by atoms with Gasteiger partial charge in [-0.15, -0.1) is 0 Å². The van der Waals surface area contributed by atoms with E-state index in [2.05, 4.69) is 0 Å². The first-order valence-corrected chi connectivity index (χ1v) is 6.22. The molecule has 3 heteroatoms. The van der Waals surface area contributed by atoms with Gasteiger partial charge in [0.25, 0.3) is 0 Å². The molecule has 0 aliphatic heterocycles. The Balaban J connectivity index is 2.32. The van der Waals surface area contributed by atoms with Gasteiger partial charge >= 0.3 is 5.97 Å². The SMILES string of the molecule is CC(C)(C)OC(=O)[CH]C(N)C1CCCCC1. The molecular weight excluding hydrogens is 202 g/mol. The number of hydrogen-bond donors (Lipinski definition) is 1. The number of carbonyl (C=O) groups is 1. The topological polar surface area (TPSA) is 52.3 Å². The Labute approximate surface area is 98.7 Å². The van der Waals surface area contributed by atoms with Crippen molar-refractivity contribution in [3.8, 4) is 0 Å². The lowest BCUT2D eigenvalue weighted by molar-refractivity contribution is -0.150. The van der Waals surface area contributed by atoms with E-state index in [1.807, 2.05) is 20.8 Å². The zero-order chi connectivity index (χ0) is 12.2.